The Bertz CT molecular complexity index is 531. The fraction of sp³-hybridized carbons (Fsp3) is 0.643. The van der Waals surface area contributed by atoms with Crippen LogP contribution < -0.4 is 14.8 Å². The number of alkyl halides is 3. The van der Waals surface area contributed by atoms with Crippen molar-refractivity contribution in [2.24, 2.45) is 0 Å². The lowest BCUT2D eigenvalue weighted by molar-refractivity contribution is -0.154. The van der Waals surface area contributed by atoms with E-state index in [-0.39, 0.29) is 12.1 Å². The highest BCUT2D eigenvalue weighted by Crippen LogP contribution is 2.24. The van der Waals surface area contributed by atoms with Gasteiger partial charge in [-0.2, -0.15) is 18.2 Å². The van der Waals surface area contributed by atoms with Crippen LogP contribution in [0, 0.1) is 0 Å². The Morgan fingerprint density at radius 3 is 2.52 bits per heavy atom. The van der Waals surface area contributed by atoms with Gasteiger partial charge < -0.3 is 14.8 Å². The van der Waals surface area contributed by atoms with Crippen molar-refractivity contribution in [3.8, 4) is 11.8 Å². The van der Waals surface area contributed by atoms with E-state index in [2.05, 4.69) is 15.3 Å². The van der Waals surface area contributed by atoms with E-state index < -0.39 is 18.5 Å². The molecule has 23 heavy (non-hydrogen) atoms. The van der Waals surface area contributed by atoms with Gasteiger partial charge in [-0.3, -0.25) is 9.78 Å². The first-order valence-corrected chi connectivity index (χ1v) is 7.24. The Morgan fingerprint density at radius 1 is 1.26 bits per heavy atom. The smallest absolute Gasteiger partial charge is 0.397 e. The zero-order chi connectivity index (χ0) is 16.9. The molecule has 1 saturated carbocycles. The summed E-state index contributed by atoms with van der Waals surface area (Å²) in [6.45, 7) is 0. The Kier molecular flexibility index (Phi) is 5.62. The first kappa shape index (κ1) is 17.3. The zero-order valence-electron chi connectivity index (χ0n) is 12.6. The van der Waals surface area contributed by atoms with E-state index in [4.69, 9.17) is 9.47 Å². The van der Waals surface area contributed by atoms with E-state index in [0.717, 1.165) is 0 Å². The van der Waals surface area contributed by atoms with Gasteiger partial charge in [0.2, 0.25) is 17.7 Å². The second-order valence-electron chi connectivity index (χ2n) is 5.35. The van der Waals surface area contributed by atoms with Gasteiger partial charge in [0.25, 0.3) is 0 Å². The third-order valence-electron chi connectivity index (χ3n) is 3.49. The van der Waals surface area contributed by atoms with Crippen LogP contribution in [0.4, 0.5) is 13.2 Å². The molecule has 0 aromatic carbocycles. The number of nitrogens with one attached hydrogen (secondary N) is 1. The molecule has 1 aromatic rings. The van der Waals surface area contributed by atoms with Crippen molar-refractivity contribution in [2.75, 3.05) is 7.11 Å². The molecule has 1 aliphatic rings. The van der Waals surface area contributed by atoms with E-state index in [9.17, 15) is 18.0 Å². The lowest BCUT2D eigenvalue weighted by atomic mass is 9.93. The molecule has 9 heteroatoms. The van der Waals surface area contributed by atoms with Crippen LogP contribution in [-0.2, 0) is 4.79 Å². The van der Waals surface area contributed by atoms with Gasteiger partial charge >= 0.3 is 6.18 Å². The SMILES string of the molecule is COc1cncc(OC2CCC(NC(=O)CC(F)(F)F)CC2)n1. The molecule has 1 heterocycles. The quantitative estimate of drug-likeness (QED) is 0.895. The summed E-state index contributed by atoms with van der Waals surface area (Å²) in [5.74, 6) is -0.301. The van der Waals surface area contributed by atoms with Crippen LogP contribution in [0.25, 0.3) is 0 Å². The molecular formula is C14H18F3N3O3. The van der Waals surface area contributed by atoms with Gasteiger partial charge in [0, 0.05) is 6.04 Å². The number of rotatable bonds is 5. The molecular weight excluding hydrogens is 315 g/mol. The normalized spacial score (nSPS) is 21.6. The molecule has 1 fully saturated rings. The first-order valence-electron chi connectivity index (χ1n) is 7.24. The molecule has 0 unspecified atom stereocenters. The number of carbonyl (C=O) groups is 1. The van der Waals surface area contributed by atoms with Crippen LogP contribution in [0.3, 0.4) is 0 Å². The average molecular weight is 333 g/mol. The van der Waals surface area contributed by atoms with Crippen molar-refractivity contribution < 1.29 is 27.4 Å². The van der Waals surface area contributed by atoms with Crippen LogP contribution in [-0.4, -0.2) is 41.3 Å². The Labute approximate surface area is 131 Å². The fourth-order valence-corrected chi connectivity index (χ4v) is 2.44. The molecule has 2 rings (SSSR count). The lowest BCUT2D eigenvalue weighted by Crippen LogP contribution is -2.41. The summed E-state index contributed by atoms with van der Waals surface area (Å²) in [6, 6.07) is -0.249. The predicted molar refractivity (Wildman–Crippen MR) is 74.1 cm³/mol. The fourth-order valence-electron chi connectivity index (χ4n) is 2.44. The van der Waals surface area contributed by atoms with Crippen molar-refractivity contribution >= 4 is 5.91 Å². The Hall–Kier alpha value is -2.06. The first-order chi connectivity index (χ1) is 10.9. The summed E-state index contributed by atoms with van der Waals surface area (Å²) in [5, 5.41) is 2.42. The summed E-state index contributed by atoms with van der Waals surface area (Å²) in [4.78, 5) is 19.3. The van der Waals surface area contributed by atoms with Crippen LogP contribution in [0.5, 0.6) is 11.8 Å². The second kappa shape index (κ2) is 7.47. The number of methoxy groups -OCH3 is 1. The summed E-state index contributed by atoms with van der Waals surface area (Å²) in [6.07, 6.45) is -0.729. The highest BCUT2D eigenvalue weighted by Gasteiger charge is 2.32. The lowest BCUT2D eigenvalue weighted by Gasteiger charge is -2.29. The van der Waals surface area contributed by atoms with E-state index >= 15 is 0 Å². The van der Waals surface area contributed by atoms with E-state index in [1.54, 1.807) is 0 Å². The van der Waals surface area contributed by atoms with Crippen molar-refractivity contribution in [1.29, 1.82) is 0 Å². The average Bonchev–Trinajstić information content (AvgIpc) is 2.47. The third kappa shape index (κ3) is 5.91. The summed E-state index contributed by atoms with van der Waals surface area (Å²) in [7, 11) is 1.47. The molecule has 128 valence electrons. The van der Waals surface area contributed by atoms with E-state index in [0.29, 0.717) is 37.4 Å². The van der Waals surface area contributed by atoms with Crippen LogP contribution >= 0.6 is 0 Å². The van der Waals surface area contributed by atoms with Gasteiger partial charge in [-0.1, -0.05) is 0 Å². The number of aromatic nitrogens is 2. The molecule has 1 aromatic heterocycles. The van der Waals surface area contributed by atoms with Crippen molar-refractivity contribution in [1.82, 2.24) is 15.3 Å². The molecule has 0 atom stereocenters. The number of amides is 1. The molecule has 1 N–H and O–H groups in total. The van der Waals surface area contributed by atoms with E-state index in [1.807, 2.05) is 0 Å². The highest BCUT2D eigenvalue weighted by molar-refractivity contribution is 5.76. The molecule has 0 radical (unpaired) electrons. The topological polar surface area (TPSA) is 73.3 Å². The number of hydrogen-bond acceptors (Lipinski definition) is 5. The Morgan fingerprint density at radius 2 is 1.91 bits per heavy atom. The maximum absolute atomic E-state index is 12.1. The molecule has 0 saturated heterocycles. The number of halogens is 3. The van der Waals surface area contributed by atoms with Gasteiger partial charge in [0.1, 0.15) is 12.5 Å². The standard InChI is InChI=1S/C14H18F3N3O3/c1-22-12-7-18-8-13(20-12)23-10-4-2-9(3-5-10)19-11(21)6-14(15,16)17/h7-10H,2-6H2,1H3,(H,19,21). The molecule has 0 aliphatic heterocycles. The maximum atomic E-state index is 12.1. The molecule has 6 nitrogen and oxygen atoms in total. The van der Waals surface area contributed by atoms with Gasteiger partial charge in [0.15, 0.2) is 0 Å². The molecule has 0 spiro atoms. The minimum absolute atomic E-state index is 0.104. The van der Waals surface area contributed by atoms with Crippen LogP contribution in [0.15, 0.2) is 12.4 Å². The maximum Gasteiger partial charge on any atom is 0.397 e. The van der Waals surface area contributed by atoms with E-state index in [1.165, 1.54) is 19.5 Å². The molecule has 1 amide bonds. The number of carbonyl (C=O) groups excluding carboxylic acids is 1. The Balaban J connectivity index is 1.76. The highest BCUT2D eigenvalue weighted by atomic mass is 19.4. The number of hydrogen-bond donors (Lipinski definition) is 1. The summed E-state index contributed by atoms with van der Waals surface area (Å²) in [5.41, 5.74) is 0. The van der Waals surface area contributed by atoms with Crippen molar-refractivity contribution in [3.63, 3.8) is 0 Å². The van der Waals surface area contributed by atoms with Gasteiger partial charge in [-0.05, 0) is 25.7 Å². The summed E-state index contributed by atoms with van der Waals surface area (Å²) >= 11 is 0. The number of nitrogens with zero attached hydrogens (tertiary/aromatic N) is 2. The monoisotopic (exact) mass is 333 g/mol. The van der Waals surface area contributed by atoms with Gasteiger partial charge in [-0.15, -0.1) is 0 Å². The second-order valence-corrected chi connectivity index (χ2v) is 5.35. The third-order valence-corrected chi connectivity index (χ3v) is 3.49. The van der Waals surface area contributed by atoms with Crippen LogP contribution in [0.1, 0.15) is 32.1 Å². The largest absolute Gasteiger partial charge is 0.480 e. The van der Waals surface area contributed by atoms with Gasteiger partial charge in [-0.25, -0.2) is 0 Å². The van der Waals surface area contributed by atoms with Crippen LogP contribution in [0.2, 0.25) is 0 Å². The summed E-state index contributed by atoms with van der Waals surface area (Å²) < 4.78 is 47.0. The number of ether oxygens (including phenoxy) is 2. The molecule has 0 bridgehead atoms. The van der Waals surface area contributed by atoms with Crippen molar-refractivity contribution in [2.45, 2.75) is 50.4 Å². The van der Waals surface area contributed by atoms with Crippen molar-refractivity contribution in [3.05, 3.63) is 12.4 Å². The minimum atomic E-state index is -4.48. The minimum Gasteiger partial charge on any atom is -0.480 e. The molecule has 1 aliphatic carbocycles. The predicted octanol–water partition coefficient (Wildman–Crippen LogP) is 2.24. The van der Waals surface area contributed by atoms with Gasteiger partial charge in [0.05, 0.1) is 19.5 Å². The zero-order valence-corrected chi connectivity index (χ0v) is 12.6.